The van der Waals surface area contributed by atoms with Crippen molar-refractivity contribution in [2.24, 2.45) is 0 Å². The number of hydrogen-bond acceptors (Lipinski definition) is 2. The van der Waals surface area contributed by atoms with E-state index in [2.05, 4.69) is 38.5 Å². The van der Waals surface area contributed by atoms with E-state index in [0.717, 1.165) is 22.4 Å². The molecule has 1 heterocycles. The fourth-order valence-corrected chi connectivity index (χ4v) is 2.62. The summed E-state index contributed by atoms with van der Waals surface area (Å²) in [5.41, 5.74) is 3.01. The Kier molecular flexibility index (Phi) is 4.27. The molecule has 0 aliphatic heterocycles. The summed E-state index contributed by atoms with van der Waals surface area (Å²) < 4.78 is 2.85. The van der Waals surface area contributed by atoms with E-state index >= 15 is 0 Å². The van der Waals surface area contributed by atoms with E-state index in [0.29, 0.717) is 5.02 Å². The number of anilines is 1. The lowest BCUT2D eigenvalue weighted by atomic mass is 10.2. The number of nitrogens with zero attached hydrogens (tertiary/aromatic N) is 2. The third-order valence-electron chi connectivity index (χ3n) is 3.12. The molecule has 5 heteroatoms. The molecule has 0 saturated carbocycles. The molecular formula is C16H13BrClN3. The van der Waals surface area contributed by atoms with Gasteiger partial charge in [-0.15, -0.1) is 0 Å². The summed E-state index contributed by atoms with van der Waals surface area (Å²) in [6.45, 7) is 0.724. The average Bonchev–Trinajstić information content (AvgIpc) is 3.00. The minimum atomic E-state index is 0.666. The Bertz CT molecular complexity index is 724. The molecule has 1 N–H and O–H groups in total. The Hall–Kier alpha value is -1.78. The molecule has 0 bridgehead atoms. The zero-order chi connectivity index (χ0) is 14.7. The molecule has 2 aromatic carbocycles. The van der Waals surface area contributed by atoms with Crippen molar-refractivity contribution in [1.29, 1.82) is 0 Å². The first-order chi connectivity index (χ1) is 10.2. The first kappa shape index (κ1) is 14.2. The standard InChI is InChI=1S/C16H13BrClN3/c17-13-7-5-12(6-8-13)11-19-15-4-1-3-14(18)16(15)21-10-2-9-20-21/h1-10,19H,11H2. The van der Waals surface area contributed by atoms with Gasteiger partial charge in [0.1, 0.15) is 5.69 Å². The summed E-state index contributed by atoms with van der Waals surface area (Å²) in [7, 11) is 0. The van der Waals surface area contributed by atoms with Crippen LogP contribution in [-0.4, -0.2) is 9.78 Å². The van der Waals surface area contributed by atoms with Gasteiger partial charge in [-0.05, 0) is 35.9 Å². The molecule has 0 radical (unpaired) electrons. The van der Waals surface area contributed by atoms with Gasteiger partial charge in [0.25, 0.3) is 0 Å². The first-order valence-electron chi connectivity index (χ1n) is 6.51. The van der Waals surface area contributed by atoms with E-state index in [1.165, 1.54) is 5.56 Å². The van der Waals surface area contributed by atoms with E-state index in [1.54, 1.807) is 10.9 Å². The molecule has 0 unspecified atom stereocenters. The third-order valence-corrected chi connectivity index (χ3v) is 3.95. The van der Waals surface area contributed by atoms with Gasteiger partial charge in [0.2, 0.25) is 0 Å². The number of rotatable bonds is 4. The van der Waals surface area contributed by atoms with Crippen LogP contribution in [0.3, 0.4) is 0 Å². The highest BCUT2D eigenvalue weighted by Crippen LogP contribution is 2.28. The van der Waals surface area contributed by atoms with Gasteiger partial charge in [0.05, 0.1) is 10.7 Å². The fraction of sp³-hybridized carbons (Fsp3) is 0.0625. The number of nitrogens with one attached hydrogen (secondary N) is 1. The summed E-state index contributed by atoms with van der Waals surface area (Å²) in [4.78, 5) is 0. The molecule has 106 valence electrons. The van der Waals surface area contributed by atoms with Crippen LogP contribution in [0.2, 0.25) is 5.02 Å². The number of halogens is 2. The highest BCUT2D eigenvalue weighted by Gasteiger charge is 2.09. The van der Waals surface area contributed by atoms with E-state index in [4.69, 9.17) is 11.6 Å². The Balaban J connectivity index is 1.86. The molecular weight excluding hydrogens is 350 g/mol. The number of hydrogen-bond donors (Lipinski definition) is 1. The third kappa shape index (κ3) is 3.28. The molecule has 0 amide bonds. The van der Waals surface area contributed by atoms with Crippen LogP contribution in [0.1, 0.15) is 5.56 Å². The number of para-hydroxylation sites is 1. The van der Waals surface area contributed by atoms with Gasteiger partial charge in [-0.3, -0.25) is 0 Å². The van der Waals surface area contributed by atoms with E-state index in [1.807, 2.05) is 42.6 Å². The van der Waals surface area contributed by atoms with Gasteiger partial charge in [-0.25, -0.2) is 4.68 Å². The topological polar surface area (TPSA) is 29.9 Å². The Morgan fingerprint density at radius 3 is 2.62 bits per heavy atom. The molecule has 0 aliphatic rings. The molecule has 0 spiro atoms. The summed E-state index contributed by atoms with van der Waals surface area (Å²) in [5.74, 6) is 0. The van der Waals surface area contributed by atoms with Crippen molar-refractivity contribution in [1.82, 2.24) is 9.78 Å². The van der Waals surface area contributed by atoms with E-state index in [9.17, 15) is 0 Å². The molecule has 0 aliphatic carbocycles. The van der Waals surface area contributed by atoms with Crippen molar-refractivity contribution >= 4 is 33.2 Å². The molecule has 1 aromatic heterocycles. The van der Waals surface area contributed by atoms with Gasteiger partial charge in [-0.2, -0.15) is 5.10 Å². The van der Waals surface area contributed by atoms with Crippen molar-refractivity contribution < 1.29 is 0 Å². The average molecular weight is 363 g/mol. The Labute approximate surface area is 136 Å². The highest BCUT2D eigenvalue weighted by molar-refractivity contribution is 9.10. The molecule has 3 aromatic rings. The van der Waals surface area contributed by atoms with Gasteiger partial charge in [0.15, 0.2) is 0 Å². The second-order valence-electron chi connectivity index (χ2n) is 4.57. The molecule has 0 atom stereocenters. The highest BCUT2D eigenvalue weighted by atomic mass is 79.9. The van der Waals surface area contributed by atoms with Crippen molar-refractivity contribution in [2.75, 3.05) is 5.32 Å². The van der Waals surface area contributed by atoms with Crippen molar-refractivity contribution in [3.63, 3.8) is 0 Å². The van der Waals surface area contributed by atoms with Crippen LogP contribution >= 0.6 is 27.5 Å². The van der Waals surface area contributed by atoms with Gasteiger partial charge in [-0.1, -0.05) is 45.7 Å². The largest absolute Gasteiger partial charge is 0.379 e. The number of benzene rings is 2. The smallest absolute Gasteiger partial charge is 0.106 e. The lowest BCUT2D eigenvalue weighted by Crippen LogP contribution is -2.05. The Morgan fingerprint density at radius 1 is 1.10 bits per heavy atom. The molecule has 3 nitrogen and oxygen atoms in total. The molecule has 0 fully saturated rings. The van der Waals surface area contributed by atoms with Crippen LogP contribution in [0, 0.1) is 0 Å². The number of aromatic nitrogens is 2. The van der Waals surface area contributed by atoms with E-state index in [-0.39, 0.29) is 0 Å². The second kappa shape index (κ2) is 6.33. The minimum Gasteiger partial charge on any atom is -0.379 e. The lowest BCUT2D eigenvalue weighted by molar-refractivity contribution is 0.879. The van der Waals surface area contributed by atoms with Crippen LogP contribution in [0.5, 0.6) is 0 Å². The molecule has 3 rings (SSSR count). The molecule has 0 saturated heterocycles. The van der Waals surface area contributed by atoms with Crippen LogP contribution in [0.4, 0.5) is 5.69 Å². The summed E-state index contributed by atoms with van der Waals surface area (Å²) in [6, 6.07) is 15.9. The predicted octanol–water partition coefficient (Wildman–Crippen LogP) is 4.90. The van der Waals surface area contributed by atoms with Crippen LogP contribution in [0.25, 0.3) is 5.69 Å². The van der Waals surface area contributed by atoms with Crippen LogP contribution in [-0.2, 0) is 6.54 Å². The quantitative estimate of drug-likeness (QED) is 0.715. The van der Waals surface area contributed by atoms with Crippen molar-refractivity contribution in [3.8, 4) is 5.69 Å². The van der Waals surface area contributed by atoms with Gasteiger partial charge in [0, 0.05) is 23.4 Å². The van der Waals surface area contributed by atoms with Crippen molar-refractivity contribution in [2.45, 2.75) is 6.54 Å². The predicted molar refractivity (Wildman–Crippen MR) is 90.0 cm³/mol. The van der Waals surface area contributed by atoms with Gasteiger partial charge < -0.3 is 5.32 Å². The fourth-order valence-electron chi connectivity index (χ4n) is 2.09. The molecule has 21 heavy (non-hydrogen) atoms. The van der Waals surface area contributed by atoms with Crippen LogP contribution in [0.15, 0.2) is 65.4 Å². The normalized spacial score (nSPS) is 10.6. The zero-order valence-electron chi connectivity index (χ0n) is 11.1. The first-order valence-corrected chi connectivity index (χ1v) is 7.68. The monoisotopic (exact) mass is 361 g/mol. The lowest BCUT2D eigenvalue weighted by Gasteiger charge is -2.13. The Morgan fingerprint density at radius 2 is 1.90 bits per heavy atom. The second-order valence-corrected chi connectivity index (χ2v) is 5.89. The summed E-state index contributed by atoms with van der Waals surface area (Å²) in [5, 5.41) is 8.34. The summed E-state index contributed by atoms with van der Waals surface area (Å²) in [6.07, 6.45) is 3.62. The maximum Gasteiger partial charge on any atom is 0.106 e. The van der Waals surface area contributed by atoms with E-state index < -0.39 is 0 Å². The SMILES string of the molecule is Clc1cccc(NCc2ccc(Br)cc2)c1-n1cccn1. The zero-order valence-corrected chi connectivity index (χ0v) is 13.5. The minimum absolute atomic E-state index is 0.666. The maximum atomic E-state index is 6.32. The van der Waals surface area contributed by atoms with Crippen molar-refractivity contribution in [3.05, 3.63) is 76.0 Å². The van der Waals surface area contributed by atoms with Crippen LogP contribution < -0.4 is 5.32 Å². The summed E-state index contributed by atoms with van der Waals surface area (Å²) >= 11 is 9.76. The van der Waals surface area contributed by atoms with Gasteiger partial charge >= 0.3 is 0 Å². The maximum absolute atomic E-state index is 6.32.